The van der Waals surface area contributed by atoms with Gasteiger partial charge in [-0.2, -0.15) is 0 Å². The van der Waals surface area contributed by atoms with Crippen LogP contribution in [0.1, 0.15) is 15.9 Å². The van der Waals surface area contributed by atoms with Crippen LogP contribution in [0.4, 0.5) is 10.1 Å². The average molecular weight is 274 g/mol. The van der Waals surface area contributed by atoms with Crippen molar-refractivity contribution in [3.63, 3.8) is 0 Å². The van der Waals surface area contributed by atoms with Crippen LogP contribution in [-0.2, 0) is 6.54 Å². The molecule has 2 aromatic carbocycles. The van der Waals surface area contributed by atoms with Crippen LogP contribution in [-0.4, -0.2) is 13.0 Å². The largest absolute Gasteiger partial charge is 0.497 e. The maximum absolute atomic E-state index is 12.9. The molecule has 2 rings (SSSR count). The number of anilines is 1. The molecule has 104 valence electrons. The summed E-state index contributed by atoms with van der Waals surface area (Å²) in [6, 6.07) is 11.0. The smallest absolute Gasteiger partial charge is 0.253 e. The molecule has 0 aromatic heterocycles. The van der Waals surface area contributed by atoms with E-state index in [0.29, 0.717) is 6.54 Å². The molecule has 0 aliphatic heterocycles. The third kappa shape index (κ3) is 3.26. The van der Waals surface area contributed by atoms with Gasteiger partial charge in [-0.15, -0.1) is 0 Å². The molecule has 0 spiro atoms. The van der Waals surface area contributed by atoms with Gasteiger partial charge in [0.25, 0.3) is 5.91 Å². The Labute approximate surface area is 116 Å². The van der Waals surface area contributed by atoms with Crippen LogP contribution >= 0.6 is 0 Å². The van der Waals surface area contributed by atoms with Crippen LogP contribution in [0.2, 0.25) is 0 Å². The molecule has 0 heterocycles. The fraction of sp³-hybridized carbons (Fsp3) is 0.133. The summed E-state index contributed by atoms with van der Waals surface area (Å²) < 4.78 is 18.0. The topological polar surface area (TPSA) is 64.3 Å². The molecule has 0 unspecified atom stereocenters. The first kappa shape index (κ1) is 13.9. The number of amides is 1. The molecule has 0 atom stereocenters. The lowest BCUT2D eigenvalue weighted by molar-refractivity contribution is 0.0952. The summed E-state index contributed by atoms with van der Waals surface area (Å²) in [6.07, 6.45) is 0. The van der Waals surface area contributed by atoms with Crippen LogP contribution in [0.25, 0.3) is 0 Å². The minimum atomic E-state index is -0.464. The number of carbonyl (C=O) groups is 1. The van der Waals surface area contributed by atoms with E-state index in [4.69, 9.17) is 10.5 Å². The van der Waals surface area contributed by atoms with E-state index in [1.54, 1.807) is 7.11 Å². The summed E-state index contributed by atoms with van der Waals surface area (Å²) in [6.45, 7) is 0.361. The Morgan fingerprint density at radius 1 is 1.25 bits per heavy atom. The molecule has 0 fully saturated rings. The fourth-order valence-electron chi connectivity index (χ4n) is 1.76. The van der Waals surface area contributed by atoms with E-state index in [1.807, 2.05) is 24.3 Å². The Morgan fingerprint density at radius 3 is 2.55 bits per heavy atom. The number of halogens is 1. The molecule has 0 saturated carbocycles. The van der Waals surface area contributed by atoms with E-state index in [1.165, 1.54) is 12.1 Å². The minimum Gasteiger partial charge on any atom is -0.497 e. The highest BCUT2D eigenvalue weighted by molar-refractivity contribution is 5.99. The van der Waals surface area contributed by atoms with Crippen molar-refractivity contribution in [3.8, 4) is 5.75 Å². The number of benzene rings is 2. The first-order valence-corrected chi connectivity index (χ1v) is 6.06. The van der Waals surface area contributed by atoms with E-state index >= 15 is 0 Å². The SMILES string of the molecule is COc1ccc(CNC(=O)c2ccc(F)cc2N)cc1. The molecule has 3 N–H and O–H groups in total. The van der Waals surface area contributed by atoms with E-state index in [9.17, 15) is 9.18 Å². The molecule has 0 radical (unpaired) electrons. The molecule has 2 aromatic rings. The molecule has 20 heavy (non-hydrogen) atoms. The lowest BCUT2D eigenvalue weighted by atomic mass is 10.1. The number of methoxy groups -OCH3 is 1. The number of hydrogen-bond donors (Lipinski definition) is 2. The third-order valence-corrected chi connectivity index (χ3v) is 2.87. The van der Waals surface area contributed by atoms with Gasteiger partial charge in [-0.1, -0.05) is 12.1 Å². The second-order valence-electron chi connectivity index (χ2n) is 4.26. The Bertz CT molecular complexity index is 612. The highest BCUT2D eigenvalue weighted by Gasteiger charge is 2.09. The van der Waals surface area contributed by atoms with Crippen LogP contribution in [0.15, 0.2) is 42.5 Å². The Balaban J connectivity index is 2.00. The number of nitrogens with two attached hydrogens (primary N) is 1. The molecule has 4 nitrogen and oxygen atoms in total. The van der Waals surface area contributed by atoms with Crippen LogP contribution in [0, 0.1) is 5.82 Å². The first-order chi connectivity index (χ1) is 9.60. The van der Waals surface area contributed by atoms with Crippen molar-refractivity contribution < 1.29 is 13.9 Å². The van der Waals surface area contributed by atoms with Crippen molar-refractivity contribution in [3.05, 3.63) is 59.4 Å². The lowest BCUT2D eigenvalue weighted by Crippen LogP contribution is -2.23. The lowest BCUT2D eigenvalue weighted by Gasteiger charge is -2.08. The molecule has 1 amide bonds. The zero-order valence-electron chi connectivity index (χ0n) is 11.0. The van der Waals surface area contributed by atoms with Crippen molar-refractivity contribution in [1.82, 2.24) is 5.32 Å². The van der Waals surface area contributed by atoms with Gasteiger partial charge >= 0.3 is 0 Å². The number of carbonyl (C=O) groups excluding carboxylic acids is 1. The number of rotatable bonds is 4. The highest BCUT2D eigenvalue weighted by Crippen LogP contribution is 2.14. The zero-order valence-corrected chi connectivity index (χ0v) is 11.0. The first-order valence-electron chi connectivity index (χ1n) is 6.06. The van der Waals surface area contributed by atoms with E-state index in [2.05, 4.69) is 5.32 Å². The van der Waals surface area contributed by atoms with Crippen molar-refractivity contribution in [2.45, 2.75) is 6.54 Å². The number of nitrogen functional groups attached to an aromatic ring is 1. The summed E-state index contributed by atoms with van der Waals surface area (Å²) >= 11 is 0. The Hall–Kier alpha value is -2.56. The molecular weight excluding hydrogens is 259 g/mol. The van der Waals surface area contributed by atoms with Gasteiger partial charge in [-0.25, -0.2) is 4.39 Å². The average Bonchev–Trinajstić information content (AvgIpc) is 2.45. The van der Waals surface area contributed by atoms with Gasteiger partial charge in [0, 0.05) is 12.2 Å². The predicted octanol–water partition coefficient (Wildman–Crippen LogP) is 2.35. The molecular formula is C15H15FN2O2. The Morgan fingerprint density at radius 2 is 1.95 bits per heavy atom. The monoisotopic (exact) mass is 274 g/mol. The standard InChI is InChI=1S/C15H15FN2O2/c1-20-12-5-2-10(3-6-12)9-18-15(19)13-7-4-11(16)8-14(13)17/h2-8H,9,17H2,1H3,(H,18,19). The highest BCUT2D eigenvalue weighted by atomic mass is 19.1. The summed E-state index contributed by atoms with van der Waals surface area (Å²) in [5, 5.41) is 2.73. The zero-order chi connectivity index (χ0) is 14.5. The van der Waals surface area contributed by atoms with Crippen molar-refractivity contribution in [2.75, 3.05) is 12.8 Å². The van der Waals surface area contributed by atoms with Gasteiger partial charge in [-0.05, 0) is 35.9 Å². The molecule has 0 bridgehead atoms. The second kappa shape index (κ2) is 6.06. The summed E-state index contributed by atoms with van der Waals surface area (Å²) in [7, 11) is 1.59. The van der Waals surface area contributed by atoms with Crippen LogP contribution < -0.4 is 15.8 Å². The number of nitrogens with one attached hydrogen (secondary N) is 1. The predicted molar refractivity (Wildman–Crippen MR) is 75.0 cm³/mol. The second-order valence-corrected chi connectivity index (χ2v) is 4.26. The molecule has 0 aliphatic rings. The van der Waals surface area contributed by atoms with Gasteiger partial charge in [0.2, 0.25) is 0 Å². The maximum Gasteiger partial charge on any atom is 0.253 e. The summed E-state index contributed by atoms with van der Waals surface area (Å²) in [5.41, 5.74) is 6.93. The van der Waals surface area contributed by atoms with Gasteiger partial charge in [0.05, 0.1) is 12.7 Å². The van der Waals surface area contributed by atoms with E-state index in [0.717, 1.165) is 17.4 Å². The summed E-state index contributed by atoms with van der Waals surface area (Å²) in [4.78, 5) is 11.9. The number of hydrogen-bond acceptors (Lipinski definition) is 3. The normalized spacial score (nSPS) is 10.1. The third-order valence-electron chi connectivity index (χ3n) is 2.87. The summed E-state index contributed by atoms with van der Waals surface area (Å²) in [5.74, 6) is -0.0459. The van der Waals surface area contributed by atoms with E-state index < -0.39 is 5.82 Å². The quantitative estimate of drug-likeness (QED) is 0.841. The van der Waals surface area contributed by atoms with Crippen molar-refractivity contribution in [2.24, 2.45) is 0 Å². The van der Waals surface area contributed by atoms with Gasteiger partial charge in [0.15, 0.2) is 0 Å². The minimum absolute atomic E-state index is 0.122. The van der Waals surface area contributed by atoms with Crippen molar-refractivity contribution in [1.29, 1.82) is 0 Å². The van der Waals surface area contributed by atoms with Gasteiger partial charge in [0.1, 0.15) is 11.6 Å². The maximum atomic E-state index is 12.9. The van der Waals surface area contributed by atoms with E-state index in [-0.39, 0.29) is 17.2 Å². The fourth-order valence-corrected chi connectivity index (χ4v) is 1.76. The van der Waals surface area contributed by atoms with Crippen LogP contribution in [0.3, 0.4) is 0 Å². The van der Waals surface area contributed by atoms with Crippen molar-refractivity contribution >= 4 is 11.6 Å². The number of ether oxygens (including phenoxy) is 1. The van der Waals surface area contributed by atoms with Crippen LogP contribution in [0.5, 0.6) is 5.75 Å². The molecule has 0 aliphatic carbocycles. The molecule has 0 saturated heterocycles. The Kier molecular flexibility index (Phi) is 4.20. The van der Waals surface area contributed by atoms with Gasteiger partial charge in [-0.3, -0.25) is 4.79 Å². The van der Waals surface area contributed by atoms with Gasteiger partial charge < -0.3 is 15.8 Å². The molecule has 5 heteroatoms.